The van der Waals surface area contributed by atoms with E-state index in [4.69, 9.17) is 0 Å². The number of carbonyl (C=O) groups excluding carboxylic acids is 1. The van der Waals surface area contributed by atoms with Crippen molar-refractivity contribution in [2.24, 2.45) is 0 Å². The predicted octanol–water partition coefficient (Wildman–Crippen LogP) is 6.50. The Bertz CT molecular complexity index is 1450. The summed E-state index contributed by atoms with van der Waals surface area (Å²) in [7, 11) is 0. The number of amides is 2. The Balaban J connectivity index is 0.00000353. The molecule has 0 unspecified atom stereocenters. The molecule has 1 saturated heterocycles. The fourth-order valence-corrected chi connectivity index (χ4v) is 4.53. The number of benzene rings is 3. The average molecular weight is 562 g/mol. The molecule has 0 bridgehead atoms. The van der Waals surface area contributed by atoms with Gasteiger partial charge in [-0.3, -0.25) is 0 Å². The molecule has 1 aromatic heterocycles. The van der Waals surface area contributed by atoms with E-state index in [0.717, 1.165) is 28.5 Å². The van der Waals surface area contributed by atoms with Crippen molar-refractivity contribution in [3.63, 3.8) is 0 Å². The van der Waals surface area contributed by atoms with Gasteiger partial charge in [-0.15, -0.1) is 35.8 Å². The minimum atomic E-state index is -4.78. The molecule has 2 heterocycles. The highest BCUT2D eigenvalue weighted by atomic mass is 35.5. The zero-order valence-corrected chi connectivity index (χ0v) is 21.5. The van der Waals surface area contributed by atoms with Crippen molar-refractivity contribution < 1.29 is 27.1 Å². The van der Waals surface area contributed by atoms with Crippen LogP contribution in [-0.4, -0.2) is 53.2 Å². The van der Waals surface area contributed by atoms with Crippen molar-refractivity contribution in [1.82, 2.24) is 15.1 Å². The number of urea groups is 1. The molecule has 12 heteroatoms. The summed E-state index contributed by atoms with van der Waals surface area (Å²) >= 11 is 0. The summed E-state index contributed by atoms with van der Waals surface area (Å²) in [6, 6.07) is 18.3. The fraction of sp³-hybridized carbons (Fsp3) is 0.222. The van der Waals surface area contributed by atoms with Gasteiger partial charge in [-0.05, 0) is 55.5 Å². The molecule has 1 N–H and O–H groups in total. The number of nitrogens with one attached hydrogen (secondary N) is 1. The number of anilines is 2. The lowest BCUT2D eigenvalue weighted by molar-refractivity contribution is -0.274. The molecule has 0 spiro atoms. The maximum absolute atomic E-state index is 13.4. The molecular formula is C27H24ClF4N5O2. The summed E-state index contributed by atoms with van der Waals surface area (Å²) in [6.07, 6.45) is -4.78. The molecule has 1 fully saturated rings. The van der Waals surface area contributed by atoms with Gasteiger partial charge < -0.3 is 19.9 Å². The van der Waals surface area contributed by atoms with Gasteiger partial charge in [0, 0.05) is 47.7 Å². The first kappa shape index (κ1) is 27.9. The average Bonchev–Trinajstić information content (AvgIpc) is 2.89. The molecule has 0 aliphatic carbocycles. The molecule has 1 aliphatic heterocycles. The summed E-state index contributed by atoms with van der Waals surface area (Å²) < 4.78 is 54.4. The van der Waals surface area contributed by atoms with Crippen LogP contribution in [0.2, 0.25) is 0 Å². The topological polar surface area (TPSA) is 70.6 Å². The van der Waals surface area contributed by atoms with Crippen LogP contribution in [0.25, 0.3) is 22.0 Å². The first-order valence-electron chi connectivity index (χ1n) is 11.9. The molecule has 4 aromatic rings. The zero-order chi connectivity index (χ0) is 26.9. The third kappa shape index (κ3) is 6.31. The minimum Gasteiger partial charge on any atom is -0.406 e. The van der Waals surface area contributed by atoms with E-state index in [2.05, 4.69) is 25.2 Å². The van der Waals surface area contributed by atoms with Crippen molar-refractivity contribution in [2.75, 3.05) is 29.9 Å². The van der Waals surface area contributed by atoms with E-state index < -0.39 is 6.36 Å². The smallest absolute Gasteiger partial charge is 0.406 e. The van der Waals surface area contributed by atoms with Gasteiger partial charge in [0.15, 0.2) is 5.82 Å². The lowest BCUT2D eigenvalue weighted by Crippen LogP contribution is -2.55. The number of carbonyl (C=O) groups is 1. The number of fused-ring (bicyclic) bond motifs is 1. The van der Waals surface area contributed by atoms with Crippen LogP contribution in [0, 0.1) is 5.82 Å². The molecule has 204 valence electrons. The van der Waals surface area contributed by atoms with E-state index in [1.54, 1.807) is 17.0 Å². The number of rotatable bonds is 4. The summed E-state index contributed by atoms with van der Waals surface area (Å²) in [5.41, 5.74) is 1.77. The van der Waals surface area contributed by atoms with Gasteiger partial charge in [0.25, 0.3) is 0 Å². The molecule has 2 amide bonds. The lowest BCUT2D eigenvalue weighted by atomic mass is 10.0. The predicted molar refractivity (Wildman–Crippen MR) is 143 cm³/mol. The maximum Gasteiger partial charge on any atom is 0.573 e. The third-order valence-corrected chi connectivity index (χ3v) is 6.31. The largest absolute Gasteiger partial charge is 0.573 e. The number of nitrogens with zero attached hydrogens (tertiary/aromatic N) is 4. The van der Waals surface area contributed by atoms with E-state index in [9.17, 15) is 22.4 Å². The van der Waals surface area contributed by atoms with Crippen molar-refractivity contribution in [3.05, 3.63) is 78.6 Å². The normalized spacial score (nSPS) is 15.6. The van der Waals surface area contributed by atoms with Crippen LogP contribution in [0.1, 0.15) is 6.92 Å². The third-order valence-electron chi connectivity index (χ3n) is 6.31. The second kappa shape index (κ2) is 11.3. The summed E-state index contributed by atoms with van der Waals surface area (Å²) in [6.45, 7) is 3.32. The highest BCUT2D eigenvalue weighted by Crippen LogP contribution is 2.32. The molecule has 0 radical (unpaired) electrons. The standard InChI is InChI=1S/C27H23F4N5O2.ClH/c1-17-16-35(14-15-36(17)26(37)32-20-10-12-21(13-11-20)38-27(29,30)31)25-23-5-3-2-4-22(23)24(33-34-25)18-6-8-19(28)9-7-18;/h2-13,17H,14-16H2,1H3,(H,32,37);1H/t17-;/m1./s1. The monoisotopic (exact) mass is 561 g/mol. The van der Waals surface area contributed by atoms with Crippen LogP contribution in [0.5, 0.6) is 5.75 Å². The van der Waals surface area contributed by atoms with Crippen LogP contribution >= 0.6 is 12.4 Å². The molecular weight excluding hydrogens is 538 g/mol. The van der Waals surface area contributed by atoms with Crippen molar-refractivity contribution >= 4 is 40.7 Å². The molecule has 1 atom stereocenters. The molecule has 5 rings (SSSR count). The van der Waals surface area contributed by atoms with E-state index in [1.807, 2.05) is 31.2 Å². The Morgan fingerprint density at radius 1 is 0.949 bits per heavy atom. The Hall–Kier alpha value is -4.12. The Kier molecular flexibility index (Phi) is 8.10. The number of hydrogen-bond acceptors (Lipinski definition) is 5. The maximum atomic E-state index is 13.4. The summed E-state index contributed by atoms with van der Waals surface area (Å²) in [5.74, 6) is 0.000836. The second-order valence-electron chi connectivity index (χ2n) is 8.92. The van der Waals surface area contributed by atoms with Crippen molar-refractivity contribution in [2.45, 2.75) is 19.3 Å². The summed E-state index contributed by atoms with van der Waals surface area (Å²) in [5, 5.41) is 13.5. The molecule has 1 aliphatic rings. The number of alkyl halides is 3. The van der Waals surface area contributed by atoms with E-state index in [-0.39, 0.29) is 36.0 Å². The molecule has 39 heavy (non-hydrogen) atoms. The van der Waals surface area contributed by atoms with Crippen LogP contribution in [0.3, 0.4) is 0 Å². The first-order chi connectivity index (χ1) is 18.2. The minimum absolute atomic E-state index is 0. The van der Waals surface area contributed by atoms with Gasteiger partial charge in [-0.2, -0.15) is 0 Å². The van der Waals surface area contributed by atoms with Crippen LogP contribution in [-0.2, 0) is 0 Å². The Morgan fingerprint density at radius 2 is 1.62 bits per heavy atom. The highest BCUT2D eigenvalue weighted by Gasteiger charge is 2.31. The number of ether oxygens (including phenoxy) is 1. The van der Waals surface area contributed by atoms with E-state index in [1.165, 1.54) is 24.3 Å². The van der Waals surface area contributed by atoms with Gasteiger partial charge in [-0.1, -0.05) is 24.3 Å². The van der Waals surface area contributed by atoms with Gasteiger partial charge in [0.05, 0.1) is 0 Å². The number of halogens is 5. The number of piperazine rings is 1. The highest BCUT2D eigenvalue weighted by molar-refractivity contribution is 6.00. The molecule has 3 aromatic carbocycles. The van der Waals surface area contributed by atoms with Crippen LogP contribution in [0.4, 0.5) is 33.9 Å². The quantitative estimate of drug-likeness (QED) is 0.288. The van der Waals surface area contributed by atoms with Crippen molar-refractivity contribution in [3.8, 4) is 17.0 Å². The van der Waals surface area contributed by atoms with Gasteiger partial charge in [-0.25, -0.2) is 9.18 Å². The first-order valence-corrected chi connectivity index (χ1v) is 11.9. The Labute approximate surface area is 227 Å². The van der Waals surface area contributed by atoms with Crippen LogP contribution in [0.15, 0.2) is 72.8 Å². The van der Waals surface area contributed by atoms with E-state index in [0.29, 0.717) is 36.8 Å². The van der Waals surface area contributed by atoms with Crippen LogP contribution < -0.4 is 15.0 Å². The number of hydrogen-bond donors (Lipinski definition) is 1. The number of aromatic nitrogens is 2. The second-order valence-corrected chi connectivity index (χ2v) is 8.92. The fourth-order valence-electron chi connectivity index (χ4n) is 4.53. The Morgan fingerprint density at radius 3 is 2.26 bits per heavy atom. The SMILES string of the molecule is C[C@@H]1CN(c2nnc(-c3ccc(F)cc3)c3ccccc23)CCN1C(=O)Nc1ccc(OC(F)(F)F)cc1.Cl. The molecule has 0 saturated carbocycles. The summed E-state index contributed by atoms with van der Waals surface area (Å²) in [4.78, 5) is 16.6. The van der Waals surface area contributed by atoms with Crippen molar-refractivity contribution in [1.29, 1.82) is 0 Å². The molecule has 7 nitrogen and oxygen atoms in total. The van der Waals surface area contributed by atoms with Gasteiger partial charge in [0.1, 0.15) is 17.3 Å². The lowest BCUT2D eigenvalue weighted by Gasteiger charge is -2.40. The zero-order valence-electron chi connectivity index (χ0n) is 20.7. The van der Waals surface area contributed by atoms with Gasteiger partial charge >= 0.3 is 12.4 Å². The van der Waals surface area contributed by atoms with E-state index >= 15 is 0 Å². The van der Waals surface area contributed by atoms with Gasteiger partial charge in [0.2, 0.25) is 0 Å².